The third-order valence-corrected chi connectivity index (χ3v) is 1.84. The van der Waals surface area contributed by atoms with E-state index >= 15 is 0 Å². The van der Waals surface area contributed by atoms with Gasteiger partial charge in [-0.3, -0.25) is 0 Å². The van der Waals surface area contributed by atoms with Gasteiger partial charge in [0.1, 0.15) is 10.7 Å². The number of thiol groups is 1. The first-order chi connectivity index (χ1) is 5.25. The van der Waals surface area contributed by atoms with Crippen LogP contribution >= 0.6 is 24.2 Å². The zero-order valence-corrected chi connectivity index (χ0v) is 7.18. The molecule has 0 atom stereocenters. The molecule has 0 aliphatic heterocycles. The molecule has 0 fully saturated rings. The Kier molecular flexibility index (Phi) is 1.55. The van der Waals surface area contributed by atoms with E-state index in [1.807, 2.05) is 16.7 Å². The van der Waals surface area contributed by atoms with Gasteiger partial charge in [-0.2, -0.15) is 0 Å². The van der Waals surface area contributed by atoms with Crippen LogP contribution < -0.4 is 0 Å². The molecule has 0 bridgehead atoms. The fraction of sp³-hybridized carbons (Fsp3) is 0. The van der Waals surface area contributed by atoms with Gasteiger partial charge in [0.05, 0.1) is 5.02 Å². The van der Waals surface area contributed by atoms with Crippen molar-refractivity contribution in [2.45, 2.75) is 5.03 Å². The number of halogens is 1. The summed E-state index contributed by atoms with van der Waals surface area (Å²) in [5.74, 6) is 0. The van der Waals surface area contributed by atoms with Gasteiger partial charge < -0.3 is 4.40 Å². The molecule has 0 aliphatic carbocycles. The van der Waals surface area contributed by atoms with Gasteiger partial charge in [-0.05, 0) is 12.1 Å². The van der Waals surface area contributed by atoms with E-state index in [0.29, 0.717) is 10.0 Å². The number of nitrogens with zero attached hydrogens (tertiary/aromatic N) is 2. The van der Waals surface area contributed by atoms with Crippen molar-refractivity contribution >= 4 is 29.9 Å². The minimum Gasteiger partial charge on any atom is -0.304 e. The molecule has 0 amide bonds. The van der Waals surface area contributed by atoms with Crippen molar-refractivity contribution < 1.29 is 0 Å². The smallest absolute Gasteiger partial charge is 0.138 e. The van der Waals surface area contributed by atoms with Crippen molar-refractivity contribution in [1.82, 2.24) is 9.38 Å². The first-order valence-electron chi connectivity index (χ1n) is 3.09. The Balaban J connectivity index is 2.82. The van der Waals surface area contributed by atoms with Gasteiger partial charge in [0.25, 0.3) is 0 Å². The van der Waals surface area contributed by atoms with Crippen LogP contribution in [0.4, 0.5) is 0 Å². The Morgan fingerprint density at radius 1 is 1.36 bits per heavy atom. The first-order valence-corrected chi connectivity index (χ1v) is 3.91. The lowest BCUT2D eigenvalue weighted by atomic mass is 10.5. The van der Waals surface area contributed by atoms with Gasteiger partial charge in [0.2, 0.25) is 0 Å². The van der Waals surface area contributed by atoms with Gasteiger partial charge in [-0.25, -0.2) is 4.98 Å². The minimum atomic E-state index is 0.697. The molecule has 56 valence electrons. The maximum atomic E-state index is 5.75. The Labute approximate surface area is 74.2 Å². The molecule has 0 saturated heterocycles. The van der Waals surface area contributed by atoms with Crippen LogP contribution in [-0.4, -0.2) is 9.38 Å². The van der Waals surface area contributed by atoms with Crippen LogP contribution in [0.1, 0.15) is 0 Å². The summed E-state index contributed by atoms with van der Waals surface area (Å²) in [4.78, 5) is 4.12. The van der Waals surface area contributed by atoms with Crippen molar-refractivity contribution in [2.24, 2.45) is 0 Å². The van der Waals surface area contributed by atoms with Crippen molar-refractivity contribution in [1.29, 1.82) is 0 Å². The van der Waals surface area contributed by atoms with Crippen LogP contribution in [-0.2, 0) is 0 Å². The third kappa shape index (κ3) is 1.21. The van der Waals surface area contributed by atoms with Crippen LogP contribution in [0.15, 0.2) is 29.6 Å². The normalized spacial score (nSPS) is 10.7. The highest BCUT2D eigenvalue weighted by Crippen LogP contribution is 2.12. The van der Waals surface area contributed by atoms with E-state index in [9.17, 15) is 0 Å². The van der Waals surface area contributed by atoms with Crippen molar-refractivity contribution in [3.05, 3.63) is 29.5 Å². The predicted molar refractivity (Wildman–Crippen MR) is 47.5 cm³/mol. The van der Waals surface area contributed by atoms with Crippen molar-refractivity contribution in [2.75, 3.05) is 0 Å². The third-order valence-electron chi connectivity index (χ3n) is 1.40. The average Bonchev–Trinajstić information content (AvgIpc) is 2.27. The average molecular weight is 185 g/mol. The van der Waals surface area contributed by atoms with Crippen molar-refractivity contribution in [3.63, 3.8) is 0 Å². The molecule has 2 aromatic rings. The van der Waals surface area contributed by atoms with E-state index in [2.05, 4.69) is 17.6 Å². The largest absolute Gasteiger partial charge is 0.304 e. The molecule has 2 aromatic heterocycles. The molecule has 0 spiro atoms. The maximum absolute atomic E-state index is 5.75. The number of aromatic nitrogens is 2. The van der Waals surface area contributed by atoms with E-state index in [1.165, 1.54) is 0 Å². The molecule has 4 heteroatoms. The molecule has 2 rings (SSSR count). The second-order valence-corrected chi connectivity index (χ2v) is 3.11. The molecule has 11 heavy (non-hydrogen) atoms. The van der Waals surface area contributed by atoms with Crippen molar-refractivity contribution in [3.8, 4) is 0 Å². The second-order valence-electron chi connectivity index (χ2n) is 2.21. The molecular formula is C7H5ClN2S. The predicted octanol–water partition coefficient (Wildman–Crippen LogP) is 2.28. The number of rotatable bonds is 0. The summed E-state index contributed by atoms with van der Waals surface area (Å²) in [7, 11) is 0. The number of hydrogen-bond donors (Lipinski definition) is 1. The fourth-order valence-electron chi connectivity index (χ4n) is 0.951. The monoisotopic (exact) mass is 184 g/mol. The van der Waals surface area contributed by atoms with E-state index in [0.717, 1.165) is 5.65 Å². The molecule has 0 aliphatic rings. The van der Waals surface area contributed by atoms with E-state index in [1.54, 1.807) is 12.3 Å². The Bertz CT molecular complexity index is 396. The van der Waals surface area contributed by atoms with E-state index < -0.39 is 0 Å². The minimum absolute atomic E-state index is 0.697. The lowest BCUT2D eigenvalue weighted by Crippen LogP contribution is -1.79. The Hall–Kier alpha value is -0.670. The fourth-order valence-corrected chi connectivity index (χ4v) is 1.35. The Morgan fingerprint density at radius 3 is 3.00 bits per heavy atom. The molecule has 0 N–H and O–H groups in total. The summed E-state index contributed by atoms with van der Waals surface area (Å²) in [6.45, 7) is 0. The molecular weight excluding hydrogens is 180 g/mol. The topological polar surface area (TPSA) is 17.3 Å². The highest BCUT2D eigenvalue weighted by molar-refractivity contribution is 7.80. The number of pyridine rings is 1. The molecule has 2 heterocycles. The SMILES string of the molecule is Sc1cn2cc(Cl)ccc2n1. The highest BCUT2D eigenvalue weighted by Gasteiger charge is 1.96. The van der Waals surface area contributed by atoms with Gasteiger partial charge >= 0.3 is 0 Å². The quantitative estimate of drug-likeness (QED) is 0.622. The van der Waals surface area contributed by atoms with Crippen LogP contribution in [0.5, 0.6) is 0 Å². The summed E-state index contributed by atoms with van der Waals surface area (Å²) in [6.07, 6.45) is 3.61. The maximum Gasteiger partial charge on any atom is 0.138 e. The molecule has 0 aromatic carbocycles. The number of imidazole rings is 1. The first kappa shape index (κ1) is 7.00. The number of hydrogen-bond acceptors (Lipinski definition) is 2. The lowest BCUT2D eigenvalue weighted by molar-refractivity contribution is 1.18. The lowest BCUT2D eigenvalue weighted by Gasteiger charge is -1.91. The summed E-state index contributed by atoms with van der Waals surface area (Å²) >= 11 is 9.86. The van der Waals surface area contributed by atoms with Gasteiger partial charge in [-0.15, -0.1) is 12.6 Å². The summed E-state index contributed by atoms with van der Waals surface area (Å²) in [6, 6.07) is 3.65. The summed E-state index contributed by atoms with van der Waals surface area (Å²) < 4.78 is 1.84. The van der Waals surface area contributed by atoms with Crippen LogP contribution in [0.2, 0.25) is 5.02 Å². The molecule has 0 unspecified atom stereocenters. The number of fused-ring (bicyclic) bond motifs is 1. The standard InChI is InChI=1S/C7H5ClN2S/c8-5-1-2-6-9-7(11)4-10(6)3-5/h1-4,11H. The Morgan fingerprint density at radius 2 is 2.18 bits per heavy atom. The molecule has 0 saturated carbocycles. The zero-order chi connectivity index (χ0) is 7.84. The van der Waals surface area contributed by atoms with E-state index in [-0.39, 0.29) is 0 Å². The molecule has 0 radical (unpaired) electrons. The highest BCUT2D eigenvalue weighted by atomic mass is 35.5. The van der Waals surface area contributed by atoms with E-state index in [4.69, 9.17) is 11.6 Å². The van der Waals surface area contributed by atoms with Gasteiger partial charge in [-0.1, -0.05) is 11.6 Å². The van der Waals surface area contributed by atoms with Crippen LogP contribution in [0.3, 0.4) is 0 Å². The molecule has 2 nitrogen and oxygen atoms in total. The zero-order valence-electron chi connectivity index (χ0n) is 5.53. The second kappa shape index (κ2) is 2.43. The van der Waals surface area contributed by atoms with Crippen LogP contribution in [0.25, 0.3) is 5.65 Å². The van der Waals surface area contributed by atoms with Gasteiger partial charge in [0.15, 0.2) is 0 Å². The summed E-state index contributed by atoms with van der Waals surface area (Å²) in [5.41, 5.74) is 0.861. The summed E-state index contributed by atoms with van der Waals surface area (Å²) in [5, 5.41) is 1.40. The van der Waals surface area contributed by atoms with Gasteiger partial charge in [0, 0.05) is 12.4 Å². The van der Waals surface area contributed by atoms with Crippen LogP contribution in [0, 0.1) is 0 Å².